The lowest BCUT2D eigenvalue weighted by Gasteiger charge is -2.11. The lowest BCUT2D eigenvalue weighted by Crippen LogP contribution is -2.14. The maximum absolute atomic E-state index is 12.4. The van der Waals surface area contributed by atoms with Crippen LogP contribution in [0.5, 0.6) is 0 Å². The van der Waals surface area contributed by atoms with Gasteiger partial charge in [0.1, 0.15) is 5.82 Å². The molecule has 0 saturated heterocycles. The normalized spacial score (nSPS) is 11.2. The van der Waals surface area contributed by atoms with Crippen molar-refractivity contribution in [2.45, 2.75) is 11.8 Å². The molecule has 0 spiro atoms. The molecule has 0 aliphatic carbocycles. The summed E-state index contributed by atoms with van der Waals surface area (Å²) in [5, 5.41) is 3.54. The average Bonchev–Trinajstić information content (AvgIpc) is 2.43. The second-order valence-electron chi connectivity index (χ2n) is 4.14. The summed E-state index contributed by atoms with van der Waals surface area (Å²) in [6.07, 6.45) is 1.46. The van der Waals surface area contributed by atoms with E-state index in [0.29, 0.717) is 23.1 Å². The number of pyridine rings is 1. The molecule has 0 aliphatic heterocycles. The Morgan fingerprint density at radius 2 is 2.05 bits per heavy atom. The number of sulfonamides is 1. The van der Waals surface area contributed by atoms with Crippen LogP contribution >= 0.6 is 34.2 Å². The van der Waals surface area contributed by atoms with Gasteiger partial charge in [-0.25, -0.2) is 13.4 Å². The van der Waals surface area contributed by atoms with Crippen LogP contribution in [0.4, 0.5) is 11.5 Å². The molecule has 0 saturated carbocycles. The van der Waals surface area contributed by atoms with Gasteiger partial charge in [0.15, 0.2) is 0 Å². The first-order valence-corrected chi connectivity index (χ1v) is 9.04. The highest BCUT2D eigenvalue weighted by molar-refractivity contribution is 14.1. The van der Waals surface area contributed by atoms with Gasteiger partial charge in [0.2, 0.25) is 0 Å². The number of halogens is 2. The van der Waals surface area contributed by atoms with Gasteiger partial charge in [-0.05, 0) is 53.8 Å². The van der Waals surface area contributed by atoms with Gasteiger partial charge in [-0.15, -0.1) is 0 Å². The summed E-state index contributed by atoms with van der Waals surface area (Å²) < 4.78 is 28.1. The van der Waals surface area contributed by atoms with Gasteiger partial charge in [-0.1, -0.05) is 11.6 Å². The molecule has 0 aliphatic rings. The summed E-state index contributed by atoms with van der Waals surface area (Å²) in [7, 11) is -3.67. The Bertz CT molecular complexity index is 753. The number of aromatic nitrogens is 1. The van der Waals surface area contributed by atoms with Crippen molar-refractivity contribution in [1.82, 2.24) is 4.98 Å². The number of rotatable bonds is 5. The molecule has 8 heteroatoms. The van der Waals surface area contributed by atoms with Crippen LogP contribution in [-0.2, 0) is 10.0 Å². The number of hydrogen-bond donors (Lipinski definition) is 2. The molecule has 112 valence electrons. The minimum atomic E-state index is -3.67. The Labute approximate surface area is 142 Å². The molecular formula is C13H13ClIN3O2S. The van der Waals surface area contributed by atoms with Crippen LogP contribution in [0, 0.1) is 3.57 Å². The third-order valence-corrected chi connectivity index (χ3v) is 5.07. The molecule has 0 radical (unpaired) electrons. The van der Waals surface area contributed by atoms with E-state index in [1.165, 1.54) is 18.3 Å². The first kappa shape index (κ1) is 16.3. The van der Waals surface area contributed by atoms with Gasteiger partial charge < -0.3 is 5.32 Å². The van der Waals surface area contributed by atoms with Crippen LogP contribution < -0.4 is 10.0 Å². The second kappa shape index (κ2) is 6.80. The Hall–Kier alpha value is -1.06. The minimum absolute atomic E-state index is 0.152. The van der Waals surface area contributed by atoms with Crippen molar-refractivity contribution in [2.24, 2.45) is 0 Å². The predicted octanol–water partition coefficient (Wildman–Crippen LogP) is 3.57. The highest BCUT2D eigenvalue weighted by atomic mass is 127. The highest BCUT2D eigenvalue weighted by Crippen LogP contribution is 2.25. The number of benzene rings is 1. The first-order chi connectivity index (χ1) is 9.92. The van der Waals surface area contributed by atoms with E-state index in [1.54, 1.807) is 18.2 Å². The summed E-state index contributed by atoms with van der Waals surface area (Å²) in [5.74, 6) is 0.520. The van der Waals surface area contributed by atoms with Gasteiger partial charge in [-0.2, -0.15) is 0 Å². The zero-order valence-electron chi connectivity index (χ0n) is 11.1. The molecule has 0 bridgehead atoms. The van der Waals surface area contributed by atoms with E-state index in [0.717, 1.165) is 3.57 Å². The van der Waals surface area contributed by atoms with Gasteiger partial charge in [-0.3, -0.25) is 4.72 Å². The van der Waals surface area contributed by atoms with Crippen molar-refractivity contribution in [3.05, 3.63) is 45.1 Å². The quantitative estimate of drug-likeness (QED) is 0.702. The van der Waals surface area contributed by atoms with Crippen molar-refractivity contribution < 1.29 is 8.42 Å². The molecule has 1 aromatic heterocycles. The van der Waals surface area contributed by atoms with E-state index >= 15 is 0 Å². The Morgan fingerprint density at radius 1 is 1.29 bits per heavy atom. The molecule has 0 fully saturated rings. The maximum atomic E-state index is 12.4. The highest BCUT2D eigenvalue weighted by Gasteiger charge is 2.16. The fraction of sp³-hybridized carbons (Fsp3) is 0.154. The van der Waals surface area contributed by atoms with E-state index in [-0.39, 0.29) is 4.90 Å². The summed E-state index contributed by atoms with van der Waals surface area (Å²) in [5.41, 5.74) is 0.488. The third kappa shape index (κ3) is 4.21. The smallest absolute Gasteiger partial charge is 0.262 e. The standard InChI is InChI=1S/C13H13ClIN3O2S/c1-2-16-13-8-10(5-6-17-13)21(19,20)18-12-4-3-9(14)7-11(12)15/h3-8,18H,2H2,1H3,(H,16,17). The number of hydrogen-bond acceptors (Lipinski definition) is 4. The lowest BCUT2D eigenvalue weighted by atomic mass is 10.3. The average molecular weight is 438 g/mol. The molecule has 0 atom stereocenters. The molecule has 2 rings (SSSR count). The lowest BCUT2D eigenvalue weighted by molar-refractivity contribution is 0.601. The SMILES string of the molecule is CCNc1cc(S(=O)(=O)Nc2ccc(Cl)cc2I)ccn1. The van der Waals surface area contributed by atoms with Gasteiger partial charge in [0, 0.05) is 27.4 Å². The molecule has 21 heavy (non-hydrogen) atoms. The van der Waals surface area contributed by atoms with Crippen LogP contribution in [0.3, 0.4) is 0 Å². The largest absolute Gasteiger partial charge is 0.370 e. The van der Waals surface area contributed by atoms with Crippen molar-refractivity contribution in [2.75, 3.05) is 16.6 Å². The van der Waals surface area contributed by atoms with Crippen LogP contribution in [0.1, 0.15) is 6.92 Å². The van der Waals surface area contributed by atoms with Gasteiger partial charge in [0.05, 0.1) is 10.6 Å². The summed E-state index contributed by atoms with van der Waals surface area (Å²) in [6.45, 7) is 2.58. The molecule has 2 N–H and O–H groups in total. The summed E-state index contributed by atoms with van der Waals surface area (Å²) in [4.78, 5) is 4.21. The minimum Gasteiger partial charge on any atom is -0.370 e. The Balaban J connectivity index is 2.31. The Morgan fingerprint density at radius 3 is 2.71 bits per heavy atom. The zero-order chi connectivity index (χ0) is 15.5. The van der Waals surface area contributed by atoms with Crippen molar-refractivity contribution in [3.63, 3.8) is 0 Å². The topological polar surface area (TPSA) is 71.1 Å². The van der Waals surface area contributed by atoms with E-state index in [1.807, 2.05) is 29.5 Å². The number of anilines is 2. The monoisotopic (exact) mass is 437 g/mol. The molecular weight excluding hydrogens is 425 g/mol. The van der Waals surface area contributed by atoms with E-state index in [4.69, 9.17) is 11.6 Å². The predicted molar refractivity (Wildman–Crippen MR) is 93.4 cm³/mol. The van der Waals surface area contributed by atoms with Gasteiger partial charge in [0.25, 0.3) is 10.0 Å². The fourth-order valence-electron chi connectivity index (χ4n) is 1.63. The zero-order valence-corrected chi connectivity index (χ0v) is 14.8. The molecule has 5 nitrogen and oxygen atoms in total. The first-order valence-electron chi connectivity index (χ1n) is 6.10. The van der Waals surface area contributed by atoms with Crippen LogP contribution in [-0.4, -0.2) is 19.9 Å². The third-order valence-electron chi connectivity index (χ3n) is 2.58. The van der Waals surface area contributed by atoms with E-state index in [9.17, 15) is 8.42 Å². The summed E-state index contributed by atoms with van der Waals surface area (Å²) >= 11 is 7.89. The molecule has 0 amide bonds. The van der Waals surface area contributed by atoms with Crippen LogP contribution in [0.15, 0.2) is 41.4 Å². The second-order valence-corrected chi connectivity index (χ2v) is 7.42. The molecule has 1 heterocycles. The van der Waals surface area contributed by atoms with Crippen molar-refractivity contribution in [3.8, 4) is 0 Å². The van der Waals surface area contributed by atoms with E-state index in [2.05, 4.69) is 15.0 Å². The van der Waals surface area contributed by atoms with E-state index < -0.39 is 10.0 Å². The maximum Gasteiger partial charge on any atom is 0.262 e. The van der Waals surface area contributed by atoms with Gasteiger partial charge >= 0.3 is 0 Å². The molecule has 1 aromatic carbocycles. The Kier molecular flexibility index (Phi) is 5.28. The summed E-state index contributed by atoms with van der Waals surface area (Å²) in [6, 6.07) is 7.91. The van der Waals surface area contributed by atoms with Crippen LogP contribution in [0.2, 0.25) is 5.02 Å². The molecule has 0 unspecified atom stereocenters. The van der Waals surface area contributed by atoms with Crippen LogP contribution in [0.25, 0.3) is 0 Å². The van der Waals surface area contributed by atoms with Crippen molar-refractivity contribution in [1.29, 1.82) is 0 Å². The fourth-order valence-corrected chi connectivity index (χ4v) is 3.91. The number of nitrogens with zero attached hydrogens (tertiary/aromatic N) is 1. The number of nitrogens with one attached hydrogen (secondary N) is 2. The molecule has 2 aromatic rings. The van der Waals surface area contributed by atoms with Crippen molar-refractivity contribution >= 4 is 55.7 Å².